The number of halogens is 2. The highest BCUT2D eigenvalue weighted by Crippen LogP contribution is 2.28. The molecule has 0 unspecified atom stereocenters. The van der Waals surface area contributed by atoms with Crippen molar-refractivity contribution < 1.29 is 18.6 Å². The molecular formula is C13H20F2N2O2. The lowest BCUT2D eigenvalue weighted by Crippen LogP contribution is -2.31. The van der Waals surface area contributed by atoms with Gasteiger partial charge in [0.1, 0.15) is 5.75 Å². The molecule has 0 fully saturated rings. The summed E-state index contributed by atoms with van der Waals surface area (Å²) in [4.78, 5) is 1.40. The highest BCUT2D eigenvalue weighted by Gasteiger charge is 2.14. The molecule has 0 bridgehead atoms. The van der Waals surface area contributed by atoms with Crippen LogP contribution < -0.4 is 15.4 Å². The molecule has 0 aromatic heterocycles. The van der Waals surface area contributed by atoms with Gasteiger partial charge < -0.3 is 20.5 Å². The van der Waals surface area contributed by atoms with Crippen LogP contribution in [0.1, 0.15) is 13.8 Å². The van der Waals surface area contributed by atoms with Crippen LogP contribution in [0.5, 0.6) is 5.75 Å². The molecular weight excluding hydrogens is 254 g/mol. The first-order valence-electron chi connectivity index (χ1n) is 6.14. The second-order valence-corrected chi connectivity index (χ2v) is 4.45. The Morgan fingerprint density at radius 2 is 2.05 bits per heavy atom. The lowest BCUT2D eigenvalue weighted by atomic mass is 10.2. The Balaban J connectivity index is 2.96. The molecule has 1 rings (SSSR count). The fourth-order valence-electron chi connectivity index (χ4n) is 1.69. The van der Waals surface area contributed by atoms with Crippen molar-refractivity contribution in [2.24, 2.45) is 0 Å². The van der Waals surface area contributed by atoms with E-state index in [1.165, 1.54) is 4.90 Å². The van der Waals surface area contributed by atoms with Crippen LogP contribution in [-0.2, 0) is 0 Å². The summed E-state index contributed by atoms with van der Waals surface area (Å²) in [5, 5.41) is 8.94. The number of nitrogens with zero attached hydrogens (tertiary/aromatic N) is 1. The van der Waals surface area contributed by atoms with Crippen LogP contribution >= 0.6 is 0 Å². The van der Waals surface area contributed by atoms with Gasteiger partial charge in [0.05, 0.1) is 24.9 Å². The lowest BCUT2D eigenvalue weighted by Gasteiger charge is -2.24. The average Bonchev–Trinajstić information content (AvgIpc) is 2.30. The van der Waals surface area contributed by atoms with Crippen LogP contribution in [0.2, 0.25) is 0 Å². The van der Waals surface area contributed by atoms with Gasteiger partial charge in [-0.1, -0.05) is 0 Å². The van der Waals surface area contributed by atoms with Crippen LogP contribution in [0.4, 0.5) is 20.2 Å². The van der Waals surface area contributed by atoms with Gasteiger partial charge in [0.2, 0.25) is 0 Å². The third-order valence-electron chi connectivity index (χ3n) is 2.45. The highest BCUT2D eigenvalue weighted by atomic mass is 19.3. The largest absolute Gasteiger partial charge is 0.489 e. The molecule has 1 aromatic carbocycles. The summed E-state index contributed by atoms with van der Waals surface area (Å²) in [6.07, 6.45) is -2.53. The van der Waals surface area contributed by atoms with Crippen LogP contribution in [0, 0.1) is 0 Å². The predicted molar refractivity (Wildman–Crippen MR) is 71.9 cm³/mol. The number of anilines is 2. The molecule has 4 nitrogen and oxygen atoms in total. The number of benzene rings is 1. The first kappa shape index (κ1) is 15.5. The van der Waals surface area contributed by atoms with Gasteiger partial charge >= 0.3 is 0 Å². The van der Waals surface area contributed by atoms with Gasteiger partial charge in [-0.15, -0.1) is 0 Å². The first-order valence-corrected chi connectivity index (χ1v) is 6.14. The van der Waals surface area contributed by atoms with Gasteiger partial charge in [-0.25, -0.2) is 8.78 Å². The van der Waals surface area contributed by atoms with Gasteiger partial charge in [0, 0.05) is 18.3 Å². The number of rotatable bonds is 7. The number of nitrogens with two attached hydrogens (primary N) is 1. The lowest BCUT2D eigenvalue weighted by molar-refractivity contribution is 0.152. The Morgan fingerprint density at radius 3 is 2.58 bits per heavy atom. The zero-order valence-corrected chi connectivity index (χ0v) is 11.1. The van der Waals surface area contributed by atoms with E-state index >= 15 is 0 Å². The number of hydrogen-bond acceptors (Lipinski definition) is 4. The maximum Gasteiger partial charge on any atom is 0.255 e. The number of nitrogen functional groups attached to an aromatic ring is 1. The SMILES string of the molecule is CC(C)Oc1cc(N(CCO)CC(F)F)ccc1N. The van der Waals surface area contributed by atoms with Crippen molar-refractivity contribution in [3.8, 4) is 5.75 Å². The molecule has 0 spiro atoms. The summed E-state index contributed by atoms with van der Waals surface area (Å²) in [6.45, 7) is 3.21. The minimum atomic E-state index is -2.47. The number of alkyl halides is 2. The highest BCUT2D eigenvalue weighted by molar-refractivity contribution is 5.62. The van der Waals surface area contributed by atoms with E-state index in [9.17, 15) is 8.78 Å². The monoisotopic (exact) mass is 274 g/mol. The third-order valence-corrected chi connectivity index (χ3v) is 2.45. The van der Waals surface area contributed by atoms with Crippen LogP contribution in [0.15, 0.2) is 18.2 Å². The zero-order chi connectivity index (χ0) is 14.4. The number of hydrogen-bond donors (Lipinski definition) is 2. The summed E-state index contributed by atoms with van der Waals surface area (Å²) in [7, 11) is 0. The second-order valence-electron chi connectivity index (χ2n) is 4.45. The molecule has 0 aliphatic carbocycles. The minimum absolute atomic E-state index is 0.0565. The molecule has 0 atom stereocenters. The Labute approximate surface area is 111 Å². The summed E-state index contributed by atoms with van der Waals surface area (Å²) >= 11 is 0. The van der Waals surface area contributed by atoms with Gasteiger partial charge in [0.25, 0.3) is 6.43 Å². The summed E-state index contributed by atoms with van der Waals surface area (Å²) in [6, 6.07) is 4.87. The standard InChI is InChI=1S/C13H20F2N2O2/c1-9(2)19-12-7-10(3-4-11(12)16)17(5-6-18)8-13(14)15/h3-4,7,9,13,18H,5-6,8,16H2,1-2H3. The maximum absolute atomic E-state index is 12.5. The molecule has 6 heteroatoms. The molecule has 108 valence electrons. The first-order chi connectivity index (χ1) is 8.93. The van der Waals surface area contributed by atoms with E-state index in [1.54, 1.807) is 18.2 Å². The number of aliphatic hydroxyl groups is 1. The van der Waals surface area contributed by atoms with Gasteiger partial charge in [-0.2, -0.15) is 0 Å². The Bertz CT molecular complexity index is 400. The molecule has 0 saturated heterocycles. The van der Waals surface area contributed by atoms with E-state index in [2.05, 4.69) is 0 Å². The normalized spacial score (nSPS) is 11.1. The molecule has 1 aromatic rings. The van der Waals surface area contributed by atoms with E-state index in [-0.39, 0.29) is 19.3 Å². The topological polar surface area (TPSA) is 58.7 Å². The van der Waals surface area contributed by atoms with Gasteiger partial charge in [-0.3, -0.25) is 0 Å². The van der Waals surface area contributed by atoms with Crippen molar-refractivity contribution >= 4 is 11.4 Å². The Morgan fingerprint density at radius 1 is 1.37 bits per heavy atom. The number of aliphatic hydroxyl groups excluding tert-OH is 1. The molecule has 0 radical (unpaired) electrons. The van der Waals surface area contributed by atoms with Crippen LogP contribution in [-0.4, -0.2) is 37.3 Å². The molecule has 0 aliphatic rings. The van der Waals surface area contributed by atoms with Crippen LogP contribution in [0.25, 0.3) is 0 Å². The molecule has 0 saturated carbocycles. The van der Waals surface area contributed by atoms with Crippen molar-refractivity contribution in [1.29, 1.82) is 0 Å². The van der Waals surface area contributed by atoms with Gasteiger partial charge in [0.15, 0.2) is 0 Å². The maximum atomic E-state index is 12.5. The van der Waals surface area contributed by atoms with Crippen molar-refractivity contribution in [2.75, 3.05) is 30.3 Å². The van der Waals surface area contributed by atoms with Crippen molar-refractivity contribution in [1.82, 2.24) is 0 Å². The molecule has 3 N–H and O–H groups in total. The summed E-state index contributed by atoms with van der Waals surface area (Å²) in [5.74, 6) is 0.463. The minimum Gasteiger partial charge on any atom is -0.489 e. The van der Waals surface area contributed by atoms with Crippen molar-refractivity contribution in [2.45, 2.75) is 26.4 Å². The van der Waals surface area contributed by atoms with E-state index < -0.39 is 13.0 Å². The number of ether oxygens (including phenoxy) is 1. The fourth-order valence-corrected chi connectivity index (χ4v) is 1.69. The zero-order valence-electron chi connectivity index (χ0n) is 11.1. The average molecular weight is 274 g/mol. The molecule has 19 heavy (non-hydrogen) atoms. The van der Waals surface area contributed by atoms with Crippen molar-refractivity contribution in [3.05, 3.63) is 18.2 Å². The Hall–Kier alpha value is -1.56. The van der Waals surface area contributed by atoms with Crippen molar-refractivity contribution in [3.63, 3.8) is 0 Å². The quantitative estimate of drug-likeness (QED) is 0.748. The third kappa shape index (κ3) is 4.90. The van der Waals surface area contributed by atoms with E-state index in [0.29, 0.717) is 17.1 Å². The predicted octanol–water partition coefficient (Wildman–Crippen LogP) is 2.12. The van der Waals surface area contributed by atoms with E-state index in [1.807, 2.05) is 13.8 Å². The van der Waals surface area contributed by atoms with Gasteiger partial charge in [-0.05, 0) is 26.0 Å². The molecule has 0 aliphatic heterocycles. The van der Waals surface area contributed by atoms with E-state index in [4.69, 9.17) is 15.6 Å². The summed E-state index contributed by atoms with van der Waals surface area (Å²) < 4.78 is 30.5. The Kier molecular flexibility index (Phi) is 5.82. The van der Waals surface area contributed by atoms with Crippen LogP contribution in [0.3, 0.4) is 0 Å². The molecule has 0 amide bonds. The molecule has 0 heterocycles. The summed E-state index contributed by atoms with van der Waals surface area (Å²) in [5.41, 5.74) is 6.78. The van der Waals surface area contributed by atoms with E-state index in [0.717, 1.165) is 0 Å². The smallest absolute Gasteiger partial charge is 0.255 e. The fraction of sp³-hybridized carbons (Fsp3) is 0.538. The second kappa shape index (κ2) is 7.13.